The highest BCUT2D eigenvalue weighted by Gasteiger charge is 2.34. The molecule has 1 aliphatic heterocycles. The molecule has 1 saturated heterocycles. The molecule has 1 N–H and O–H groups in total. The van der Waals surface area contributed by atoms with E-state index in [1.807, 2.05) is 0 Å². The second-order valence-corrected chi connectivity index (χ2v) is 3.15. The lowest BCUT2D eigenvalue weighted by Crippen LogP contribution is -2.31. The van der Waals surface area contributed by atoms with Crippen LogP contribution in [0.3, 0.4) is 0 Å². The lowest BCUT2D eigenvalue weighted by molar-refractivity contribution is -0.149. The van der Waals surface area contributed by atoms with Crippen molar-refractivity contribution in [2.45, 2.75) is 19.2 Å². The molecule has 1 heterocycles. The summed E-state index contributed by atoms with van der Waals surface area (Å²) in [7, 11) is 0. The van der Waals surface area contributed by atoms with Crippen LogP contribution in [0.25, 0.3) is 0 Å². The van der Waals surface area contributed by atoms with E-state index < -0.39 is 31.1 Å². The van der Waals surface area contributed by atoms with Gasteiger partial charge < -0.3 is 19.5 Å². The fourth-order valence-corrected chi connectivity index (χ4v) is 1.15. The third-order valence-corrected chi connectivity index (χ3v) is 1.92. The molecule has 0 bridgehead atoms. The first-order valence-electron chi connectivity index (χ1n) is 4.38. The van der Waals surface area contributed by atoms with E-state index in [4.69, 9.17) is 5.11 Å². The predicted molar refractivity (Wildman–Crippen MR) is 45.6 cm³/mol. The van der Waals surface area contributed by atoms with Crippen molar-refractivity contribution in [3.05, 3.63) is 0 Å². The zero-order chi connectivity index (χ0) is 11.4. The van der Waals surface area contributed by atoms with Crippen LogP contribution in [0, 0.1) is 0 Å². The Morgan fingerprint density at radius 1 is 1.47 bits per heavy atom. The van der Waals surface area contributed by atoms with Crippen molar-refractivity contribution < 1.29 is 28.6 Å². The average Bonchev–Trinajstić information content (AvgIpc) is 2.46. The Labute approximate surface area is 85.6 Å². The number of esters is 1. The highest BCUT2D eigenvalue weighted by atomic mass is 19.1. The second-order valence-electron chi connectivity index (χ2n) is 3.15. The van der Waals surface area contributed by atoms with Crippen molar-refractivity contribution in [3.63, 3.8) is 0 Å². The number of nitrogens with zero attached hydrogens (tertiary/aromatic N) is 1. The van der Waals surface area contributed by atoms with Gasteiger partial charge in [0, 0.05) is 6.92 Å². The van der Waals surface area contributed by atoms with Crippen LogP contribution in [0.2, 0.25) is 0 Å². The van der Waals surface area contributed by atoms with E-state index in [0.29, 0.717) is 0 Å². The summed E-state index contributed by atoms with van der Waals surface area (Å²) in [5.74, 6) is -0.576. The number of hydrogen-bond acceptors (Lipinski definition) is 5. The summed E-state index contributed by atoms with van der Waals surface area (Å²) >= 11 is 0. The Morgan fingerprint density at radius 3 is 2.60 bits per heavy atom. The highest BCUT2D eigenvalue weighted by molar-refractivity contribution is 5.69. The summed E-state index contributed by atoms with van der Waals surface area (Å²) in [4.78, 5) is 22.5. The molecule has 0 aromatic carbocycles. The van der Waals surface area contributed by atoms with E-state index in [2.05, 4.69) is 9.47 Å². The van der Waals surface area contributed by atoms with Crippen LogP contribution < -0.4 is 0 Å². The van der Waals surface area contributed by atoms with Crippen molar-refractivity contribution >= 4 is 12.1 Å². The van der Waals surface area contributed by atoms with Gasteiger partial charge in [0.25, 0.3) is 0 Å². The summed E-state index contributed by atoms with van der Waals surface area (Å²) < 4.78 is 21.7. The number of amides is 1. The third-order valence-electron chi connectivity index (χ3n) is 1.92. The highest BCUT2D eigenvalue weighted by Crippen LogP contribution is 2.14. The molecule has 15 heavy (non-hydrogen) atoms. The number of β-amino-alcohol motifs (C(OH)–C–C–N with tert-alkyl or cyclic N) is 1. The number of carbonyl (C=O) groups is 2. The van der Waals surface area contributed by atoms with Gasteiger partial charge in [0.05, 0.1) is 13.1 Å². The maximum Gasteiger partial charge on any atom is 0.412 e. The normalized spacial score (nSPS) is 25.1. The summed E-state index contributed by atoms with van der Waals surface area (Å²) in [5, 5.41) is 9.02. The molecule has 6 nitrogen and oxygen atoms in total. The first-order chi connectivity index (χ1) is 7.00. The SMILES string of the molecule is CC(=O)OCOC(=O)N1CC(O)C(F)C1. The van der Waals surface area contributed by atoms with Crippen LogP contribution in [-0.2, 0) is 14.3 Å². The molecule has 1 fully saturated rings. The van der Waals surface area contributed by atoms with E-state index in [1.165, 1.54) is 6.92 Å². The van der Waals surface area contributed by atoms with Crippen LogP contribution >= 0.6 is 0 Å². The molecule has 0 aromatic heterocycles. The molecule has 2 atom stereocenters. The Kier molecular flexibility index (Phi) is 3.84. The van der Waals surface area contributed by atoms with E-state index in [9.17, 15) is 14.0 Å². The van der Waals surface area contributed by atoms with Crippen LogP contribution in [0.1, 0.15) is 6.92 Å². The number of likely N-dealkylation sites (tertiary alicyclic amines) is 1. The van der Waals surface area contributed by atoms with Crippen LogP contribution in [-0.4, -0.2) is 54.2 Å². The standard InChI is InChI=1S/C8H12FNO5/c1-5(11)14-4-15-8(13)10-2-6(9)7(12)3-10/h6-7,12H,2-4H2,1H3. The number of halogens is 1. The van der Waals surface area contributed by atoms with E-state index in [0.717, 1.165) is 4.90 Å². The number of rotatable bonds is 2. The van der Waals surface area contributed by atoms with Gasteiger partial charge in [0.1, 0.15) is 12.3 Å². The molecule has 2 unspecified atom stereocenters. The van der Waals surface area contributed by atoms with Gasteiger partial charge in [-0.05, 0) is 0 Å². The minimum atomic E-state index is -1.45. The monoisotopic (exact) mass is 221 g/mol. The quantitative estimate of drug-likeness (QED) is 0.510. The van der Waals surface area contributed by atoms with Crippen molar-refractivity contribution in [1.29, 1.82) is 0 Å². The van der Waals surface area contributed by atoms with Crippen LogP contribution in [0.15, 0.2) is 0 Å². The molecule has 0 spiro atoms. The van der Waals surface area contributed by atoms with Gasteiger partial charge in [-0.1, -0.05) is 0 Å². The fraction of sp³-hybridized carbons (Fsp3) is 0.750. The number of alkyl halides is 1. The Morgan fingerprint density at radius 2 is 2.13 bits per heavy atom. The smallest absolute Gasteiger partial charge is 0.412 e. The molecule has 0 aliphatic carbocycles. The summed E-state index contributed by atoms with van der Waals surface area (Å²) in [6.45, 7) is 0.350. The van der Waals surface area contributed by atoms with Gasteiger partial charge in [-0.15, -0.1) is 0 Å². The lowest BCUT2D eigenvalue weighted by atomic mass is 10.3. The summed E-state index contributed by atoms with van der Waals surface area (Å²) in [6, 6.07) is 0. The van der Waals surface area contributed by atoms with E-state index >= 15 is 0 Å². The molecule has 1 aliphatic rings. The molecule has 7 heteroatoms. The molecule has 1 amide bonds. The summed E-state index contributed by atoms with van der Waals surface area (Å²) in [6.07, 6.45) is -3.44. The molecular formula is C8H12FNO5. The molecule has 0 radical (unpaired) electrons. The Balaban J connectivity index is 2.26. The third kappa shape index (κ3) is 3.35. The number of ether oxygens (including phenoxy) is 2. The lowest BCUT2D eigenvalue weighted by Gasteiger charge is -2.14. The minimum Gasteiger partial charge on any atom is -0.428 e. The largest absolute Gasteiger partial charge is 0.428 e. The maximum absolute atomic E-state index is 12.8. The second kappa shape index (κ2) is 4.92. The fourth-order valence-electron chi connectivity index (χ4n) is 1.15. The van der Waals surface area contributed by atoms with E-state index in [-0.39, 0.29) is 13.1 Å². The number of aliphatic hydroxyl groups excluding tert-OH is 1. The molecular weight excluding hydrogens is 209 g/mol. The van der Waals surface area contributed by atoms with Gasteiger partial charge in [-0.2, -0.15) is 0 Å². The van der Waals surface area contributed by atoms with Gasteiger partial charge in [-0.3, -0.25) is 4.79 Å². The van der Waals surface area contributed by atoms with Gasteiger partial charge in [0.2, 0.25) is 6.79 Å². The van der Waals surface area contributed by atoms with Gasteiger partial charge in [0.15, 0.2) is 0 Å². The van der Waals surface area contributed by atoms with Crippen molar-refractivity contribution in [1.82, 2.24) is 4.90 Å². The topological polar surface area (TPSA) is 76.1 Å². The zero-order valence-electron chi connectivity index (χ0n) is 8.18. The number of hydrogen-bond donors (Lipinski definition) is 1. The van der Waals surface area contributed by atoms with Gasteiger partial charge >= 0.3 is 12.1 Å². The summed E-state index contributed by atoms with van der Waals surface area (Å²) in [5.41, 5.74) is 0. The first kappa shape index (κ1) is 11.7. The number of carbonyl (C=O) groups excluding carboxylic acids is 2. The van der Waals surface area contributed by atoms with Gasteiger partial charge in [-0.25, -0.2) is 9.18 Å². The molecule has 1 rings (SSSR count). The van der Waals surface area contributed by atoms with Crippen molar-refractivity contribution in [3.8, 4) is 0 Å². The van der Waals surface area contributed by atoms with Crippen molar-refractivity contribution in [2.75, 3.05) is 19.9 Å². The number of aliphatic hydroxyl groups is 1. The Bertz CT molecular complexity index is 249. The van der Waals surface area contributed by atoms with E-state index in [1.54, 1.807) is 0 Å². The van der Waals surface area contributed by atoms with Crippen LogP contribution in [0.4, 0.5) is 9.18 Å². The minimum absolute atomic E-state index is 0.111. The van der Waals surface area contributed by atoms with Crippen LogP contribution in [0.5, 0.6) is 0 Å². The molecule has 0 saturated carbocycles. The average molecular weight is 221 g/mol. The zero-order valence-corrected chi connectivity index (χ0v) is 8.18. The Hall–Kier alpha value is -1.37. The maximum atomic E-state index is 12.8. The first-order valence-corrected chi connectivity index (χ1v) is 4.38. The molecule has 0 aromatic rings. The molecule has 86 valence electrons. The predicted octanol–water partition coefficient (Wildman–Crippen LogP) is -0.342. The van der Waals surface area contributed by atoms with Crippen molar-refractivity contribution in [2.24, 2.45) is 0 Å².